The number of piperidine rings is 1. The largest absolute Gasteiger partial charge is 0.381 e. The van der Waals surface area contributed by atoms with Gasteiger partial charge in [-0.2, -0.15) is 5.10 Å². The summed E-state index contributed by atoms with van der Waals surface area (Å²) in [5.74, 6) is 1.24. The van der Waals surface area contributed by atoms with Crippen LogP contribution in [-0.2, 0) is 18.2 Å². The molecule has 0 spiro atoms. The molecule has 0 saturated carbocycles. The molecule has 5 nitrogen and oxygen atoms in total. The first-order chi connectivity index (χ1) is 8.67. The quantitative estimate of drug-likeness (QED) is 0.863. The van der Waals surface area contributed by atoms with Crippen molar-refractivity contribution < 1.29 is 4.74 Å². The fourth-order valence-electron chi connectivity index (χ4n) is 2.83. The molecule has 0 radical (unpaired) electrons. The van der Waals surface area contributed by atoms with Gasteiger partial charge in [0.2, 0.25) is 0 Å². The molecule has 1 saturated heterocycles. The summed E-state index contributed by atoms with van der Waals surface area (Å²) in [5.41, 5.74) is 8.11. The van der Waals surface area contributed by atoms with E-state index in [9.17, 15) is 0 Å². The zero-order valence-corrected chi connectivity index (χ0v) is 11.6. The Morgan fingerprint density at radius 3 is 2.61 bits per heavy atom. The third-order valence-corrected chi connectivity index (χ3v) is 3.78. The second kappa shape index (κ2) is 5.71. The van der Waals surface area contributed by atoms with Crippen LogP contribution in [0, 0.1) is 6.92 Å². The van der Waals surface area contributed by atoms with Gasteiger partial charge in [-0.25, -0.2) is 0 Å². The van der Waals surface area contributed by atoms with Crippen LogP contribution in [0.25, 0.3) is 0 Å². The number of hydrogen-bond donors (Lipinski definition) is 1. The number of aryl methyl sites for hydroxylation is 2. The van der Waals surface area contributed by atoms with Crippen LogP contribution in [-0.4, -0.2) is 42.6 Å². The standard InChI is InChI=1S/C13H24N4O/c1-10-12(4-7-14)13(16(2)15-10)17-8-5-11(18-3)6-9-17/h11H,4-9,14H2,1-3H3. The first-order valence-corrected chi connectivity index (χ1v) is 6.67. The van der Waals surface area contributed by atoms with Crippen LogP contribution in [0.4, 0.5) is 5.82 Å². The molecule has 0 aliphatic carbocycles. The summed E-state index contributed by atoms with van der Waals surface area (Å²) in [5, 5.41) is 4.53. The van der Waals surface area contributed by atoms with Crippen molar-refractivity contribution in [3.8, 4) is 0 Å². The Kier molecular flexibility index (Phi) is 4.24. The molecule has 1 aromatic rings. The Labute approximate surface area is 109 Å². The average Bonchev–Trinajstić information content (AvgIpc) is 2.65. The van der Waals surface area contributed by atoms with Gasteiger partial charge in [-0.1, -0.05) is 0 Å². The normalized spacial score (nSPS) is 17.4. The van der Waals surface area contributed by atoms with Crippen LogP contribution in [0.15, 0.2) is 0 Å². The van der Waals surface area contributed by atoms with Crippen molar-refractivity contribution in [3.05, 3.63) is 11.3 Å². The zero-order valence-electron chi connectivity index (χ0n) is 11.6. The number of anilines is 1. The average molecular weight is 252 g/mol. The van der Waals surface area contributed by atoms with Crippen molar-refractivity contribution in [1.29, 1.82) is 0 Å². The SMILES string of the molecule is COC1CCN(c2c(CCN)c(C)nn2C)CC1. The molecular weight excluding hydrogens is 228 g/mol. The lowest BCUT2D eigenvalue weighted by atomic mass is 10.1. The monoisotopic (exact) mass is 252 g/mol. The topological polar surface area (TPSA) is 56.3 Å². The molecule has 1 fully saturated rings. The highest BCUT2D eigenvalue weighted by Gasteiger charge is 2.24. The molecule has 1 aliphatic rings. The van der Waals surface area contributed by atoms with Gasteiger partial charge >= 0.3 is 0 Å². The number of nitrogens with two attached hydrogens (primary N) is 1. The fourth-order valence-corrected chi connectivity index (χ4v) is 2.83. The smallest absolute Gasteiger partial charge is 0.130 e. The number of rotatable bonds is 4. The van der Waals surface area contributed by atoms with E-state index in [1.807, 2.05) is 11.7 Å². The van der Waals surface area contributed by atoms with E-state index in [2.05, 4.69) is 16.9 Å². The first kappa shape index (κ1) is 13.4. The maximum Gasteiger partial charge on any atom is 0.130 e. The van der Waals surface area contributed by atoms with E-state index in [0.29, 0.717) is 12.6 Å². The lowest BCUT2D eigenvalue weighted by Gasteiger charge is -2.33. The van der Waals surface area contributed by atoms with E-state index in [-0.39, 0.29) is 0 Å². The van der Waals surface area contributed by atoms with Gasteiger partial charge in [0.15, 0.2) is 0 Å². The molecule has 102 valence electrons. The highest BCUT2D eigenvalue weighted by Crippen LogP contribution is 2.27. The summed E-state index contributed by atoms with van der Waals surface area (Å²) in [6, 6.07) is 0. The van der Waals surface area contributed by atoms with Crippen molar-refractivity contribution >= 4 is 5.82 Å². The van der Waals surface area contributed by atoms with Crippen molar-refractivity contribution in [2.24, 2.45) is 12.8 Å². The Bertz CT molecular complexity index is 394. The number of ether oxygens (including phenoxy) is 1. The van der Waals surface area contributed by atoms with Crippen LogP contribution >= 0.6 is 0 Å². The first-order valence-electron chi connectivity index (χ1n) is 6.67. The van der Waals surface area contributed by atoms with E-state index in [1.54, 1.807) is 7.11 Å². The van der Waals surface area contributed by atoms with Gasteiger partial charge in [-0.15, -0.1) is 0 Å². The van der Waals surface area contributed by atoms with Gasteiger partial charge in [0.1, 0.15) is 5.82 Å². The van der Waals surface area contributed by atoms with Gasteiger partial charge in [-0.3, -0.25) is 4.68 Å². The van der Waals surface area contributed by atoms with Gasteiger partial charge in [0, 0.05) is 32.8 Å². The van der Waals surface area contributed by atoms with E-state index in [1.165, 1.54) is 11.4 Å². The van der Waals surface area contributed by atoms with Gasteiger partial charge < -0.3 is 15.4 Å². The summed E-state index contributed by atoms with van der Waals surface area (Å²) in [4.78, 5) is 2.42. The Morgan fingerprint density at radius 2 is 2.06 bits per heavy atom. The lowest BCUT2D eigenvalue weighted by molar-refractivity contribution is 0.0816. The fraction of sp³-hybridized carbons (Fsp3) is 0.769. The number of nitrogens with zero attached hydrogens (tertiary/aromatic N) is 3. The summed E-state index contributed by atoms with van der Waals surface area (Å²) >= 11 is 0. The lowest BCUT2D eigenvalue weighted by Crippen LogP contribution is -2.38. The van der Waals surface area contributed by atoms with Crippen molar-refractivity contribution in [1.82, 2.24) is 9.78 Å². The van der Waals surface area contributed by atoms with Crippen LogP contribution in [0.3, 0.4) is 0 Å². The second-order valence-electron chi connectivity index (χ2n) is 4.97. The minimum absolute atomic E-state index is 0.411. The molecule has 1 aromatic heterocycles. The van der Waals surface area contributed by atoms with Gasteiger partial charge in [0.05, 0.1) is 11.8 Å². The molecular formula is C13H24N4O. The number of methoxy groups -OCH3 is 1. The van der Waals surface area contributed by atoms with Crippen molar-refractivity contribution in [2.75, 3.05) is 31.6 Å². The summed E-state index contributed by atoms with van der Waals surface area (Å²) in [6.45, 7) is 4.81. The highest BCUT2D eigenvalue weighted by molar-refractivity contribution is 5.50. The van der Waals surface area contributed by atoms with Crippen LogP contribution in [0.1, 0.15) is 24.1 Å². The Hall–Kier alpha value is -1.07. The minimum atomic E-state index is 0.411. The minimum Gasteiger partial charge on any atom is -0.381 e. The Balaban J connectivity index is 2.17. The van der Waals surface area contributed by atoms with Crippen LogP contribution < -0.4 is 10.6 Å². The van der Waals surface area contributed by atoms with Gasteiger partial charge in [-0.05, 0) is 32.7 Å². The molecule has 0 atom stereocenters. The van der Waals surface area contributed by atoms with E-state index in [4.69, 9.17) is 10.5 Å². The van der Waals surface area contributed by atoms with E-state index in [0.717, 1.165) is 38.0 Å². The van der Waals surface area contributed by atoms with Crippen LogP contribution in [0.2, 0.25) is 0 Å². The molecule has 0 aromatic carbocycles. The predicted octanol–water partition coefficient (Wildman–Crippen LogP) is 0.845. The molecule has 2 heterocycles. The zero-order chi connectivity index (χ0) is 13.1. The summed E-state index contributed by atoms with van der Waals surface area (Å²) in [7, 11) is 3.82. The number of hydrogen-bond acceptors (Lipinski definition) is 4. The summed E-state index contributed by atoms with van der Waals surface area (Å²) in [6.07, 6.45) is 3.48. The summed E-state index contributed by atoms with van der Waals surface area (Å²) < 4.78 is 7.41. The predicted molar refractivity (Wildman–Crippen MR) is 72.9 cm³/mol. The highest BCUT2D eigenvalue weighted by atomic mass is 16.5. The van der Waals surface area contributed by atoms with Crippen LogP contribution in [0.5, 0.6) is 0 Å². The third-order valence-electron chi connectivity index (χ3n) is 3.78. The van der Waals surface area contributed by atoms with Crippen molar-refractivity contribution in [2.45, 2.75) is 32.3 Å². The molecule has 0 amide bonds. The number of aromatic nitrogens is 2. The molecule has 0 unspecified atom stereocenters. The maximum absolute atomic E-state index is 5.71. The molecule has 2 N–H and O–H groups in total. The third kappa shape index (κ3) is 2.52. The van der Waals surface area contributed by atoms with Crippen molar-refractivity contribution in [3.63, 3.8) is 0 Å². The Morgan fingerprint density at radius 1 is 1.39 bits per heavy atom. The molecule has 0 bridgehead atoms. The van der Waals surface area contributed by atoms with E-state index >= 15 is 0 Å². The molecule has 1 aliphatic heterocycles. The molecule has 5 heteroatoms. The van der Waals surface area contributed by atoms with E-state index < -0.39 is 0 Å². The van der Waals surface area contributed by atoms with Gasteiger partial charge in [0.25, 0.3) is 0 Å². The molecule has 2 rings (SSSR count). The molecule has 18 heavy (non-hydrogen) atoms. The second-order valence-corrected chi connectivity index (χ2v) is 4.97. The maximum atomic E-state index is 5.71.